The van der Waals surface area contributed by atoms with Crippen LogP contribution in [0.3, 0.4) is 0 Å². The molecule has 0 spiro atoms. The Morgan fingerprint density at radius 1 is 0.958 bits per heavy atom. The summed E-state index contributed by atoms with van der Waals surface area (Å²) in [5.74, 6) is 0.0713. The minimum atomic E-state index is 0.0713. The van der Waals surface area contributed by atoms with E-state index in [4.69, 9.17) is 0 Å². The van der Waals surface area contributed by atoms with Crippen molar-refractivity contribution in [1.29, 1.82) is 0 Å². The van der Waals surface area contributed by atoms with Crippen molar-refractivity contribution in [3.8, 4) is 0 Å². The van der Waals surface area contributed by atoms with Gasteiger partial charge in [-0.15, -0.1) is 0 Å². The van der Waals surface area contributed by atoms with Crippen molar-refractivity contribution in [2.75, 3.05) is 19.6 Å². The van der Waals surface area contributed by atoms with Crippen LogP contribution in [0.15, 0.2) is 54.9 Å². The molecule has 0 aliphatic carbocycles. The highest BCUT2D eigenvalue weighted by Crippen LogP contribution is 2.23. The number of likely N-dealkylation sites (tertiary alicyclic amines) is 1. The number of nitrogens with zero attached hydrogens (tertiary/aromatic N) is 2. The molecule has 1 atom stereocenters. The summed E-state index contributed by atoms with van der Waals surface area (Å²) in [6.07, 6.45) is 8.98. The molecule has 3 rings (SSSR count). The fourth-order valence-corrected chi connectivity index (χ4v) is 3.45. The van der Waals surface area contributed by atoms with Crippen LogP contribution < -0.4 is 5.32 Å². The zero-order valence-corrected chi connectivity index (χ0v) is 14.2. The molecule has 128 valence electrons. The summed E-state index contributed by atoms with van der Waals surface area (Å²) >= 11 is 0. The van der Waals surface area contributed by atoms with Gasteiger partial charge in [0.15, 0.2) is 0 Å². The van der Waals surface area contributed by atoms with Crippen LogP contribution in [0.2, 0.25) is 0 Å². The van der Waals surface area contributed by atoms with Crippen LogP contribution in [-0.2, 0) is 11.3 Å². The fraction of sp³-hybridized carbons (Fsp3) is 0.450. The van der Waals surface area contributed by atoms with Crippen LogP contribution in [0, 0.1) is 0 Å². The topological polar surface area (TPSA) is 37.3 Å². The predicted molar refractivity (Wildman–Crippen MR) is 96.7 cm³/mol. The number of benzene rings is 1. The van der Waals surface area contributed by atoms with Crippen LogP contribution in [0.1, 0.15) is 37.3 Å². The van der Waals surface area contributed by atoms with E-state index in [2.05, 4.69) is 34.5 Å². The van der Waals surface area contributed by atoms with E-state index in [1.54, 1.807) is 0 Å². The van der Waals surface area contributed by atoms with E-state index >= 15 is 0 Å². The van der Waals surface area contributed by atoms with E-state index in [1.165, 1.54) is 31.2 Å². The van der Waals surface area contributed by atoms with E-state index in [9.17, 15) is 4.79 Å². The maximum atomic E-state index is 12.2. The van der Waals surface area contributed by atoms with Crippen molar-refractivity contribution < 1.29 is 4.79 Å². The summed E-state index contributed by atoms with van der Waals surface area (Å²) in [7, 11) is 0. The van der Waals surface area contributed by atoms with Gasteiger partial charge in [0, 0.05) is 18.9 Å². The van der Waals surface area contributed by atoms with E-state index in [0.29, 0.717) is 13.1 Å². The number of hydrogen-bond donors (Lipinski definition) is 1. The minimum Gasteiger partial charge on any atom is -0.353 e. The van der Waals surface area contributed by atoms with Crippen LogP contribution in [0.25, 0.3) is 0 Å². The SMILES string of the molecule is O=C(Cn1cccc1)NC[C@@H](c1ccccc1)N1CCCCCC1. The van der Waals surface area contributed by atoms with E-state index in [-0.39, 0.29) is 11.9 Å². The van der Waals surface area contributed by atoms with E-state index in [0.717, 1.165) is 13.1 Å². The zero-order chi connectivity index (χ0) is 16.6. The second-order valence-corrected chi connectivity index (χ2v) is 6.54. The molecule has 24 heavy (non-hydrogen) atoms. The molecule has 0 radical (unpaired) electrons. The lowest BCUT2D eigenvalue weighted by Crippen LogP contribution is -2.39. The number of aromatic nitrogens is 1. The Balaban J connectivity index is 1.64. The Kier molecular flexibility index (Phi) is 6.07. The summed E-state index contributed by atoms with van der Waals surface area (Å²) < 4.78 is 1.90. The van der Waals surface area contributed by atoms with E-state index < -0.39 is 0 Å². The molecule has 1 saturated heterocycles. The largest absolute Gasteiger partial charge is 0.353 e. The first-order valence-electron chi connectivity index (χ1n) is 8.99. The maximum absolute atomic E-state index is 12.2. The van der Waals surface area contributed by atoms with E-state index in [1.807, 2.05) is 35.2 Å². The third-order valence-electron chi connectivity index (χ3n) is 4.75. The molecule has 2 aromatic rings. The summed E-state index contributed by atoms with van der Waals surface area (Å²) in [6.45, 7) is 3.29. The van der Waals surface area contributed by atoms with Gasteiger partial charge >= 0.3 is 0 Å². The van der Waals surface area contributed by atoms with Gasteiger partial charge in [0.05, 0.1) is 6.04 Å². The van der Waals surface area contributed by atoms with Crippen molar-refractivity contribution in [2.45, 2.75) is 38.3 Å². The van der Waals surface area contributed by atoms with Crippen molar-refractivity contribution >= 4 is 5.91 Å². The minimum absolute atomic E-state index is 0.0713. The summed E-state index contributed by atoms with van der Waals surface area (Å²) in [5, 5.41) is 3.14. The molecule has 1 amide bonds. The van der Waals surface area contributed by atoms with Gasteiger partial charge in [-0.25, -0.2) is 0 Å². The standard InChI is InChI=1S/C20H27N3O/c24-20(17-22-12-8-9-13-22)21-16-19(18-10-4-3-5-11-18)23-14-6-1-2-7-15-23/h3-5,8-13,19H,1-2,6-7,14-17H2,(H,21,24)/t19-/m0/s1. The lowest BCUT2D eigenvalue weighted by atomic mass is 10.0. The third-order valence-corrected chi connectivity index (χ3v) is 4.75. The second kappa shape index (κ2) is 8.69. The van der Waals surface area contributed by atoms with Gasteiger partial charge in [-0.05, 0) is 43.6 Å². The third kappa shape index (κ3) is 4.71. The smallest absolute Gasteiger partial charge is 0.239 e. The number of hydrogen-bond acceptors (Lipinski definition) is 2. The Morgan fingerprint density at radius 3 is 2.29 bits per heavy atom. The fourth-order valence-electron chi connectivity index (χ4n) is 3.45. The predicted octanol–water partition coefficient (Wildman–Crippen LogP) is 3.22. The van der Waals surface area contributed by atoms with Gasteiger partial charge in [0.1, 0.15) is 6.54 Å². The Labute approximate surface area is 144 Å². The Hall–Kier alpha value is -2.07. The molecule has 2 heterocycles. The molecule has 0 unspecified atom stereocenters. The van der Waals surface area contributed by atoms with Gasteiger partial charge < -0.3 is 9.88 Å². The normalized spacial score (nSPS) is 17.2. The number of carbonyl (C=O) groups excluding carboxylic acids is 1. The Morgan fingerprint density at radius 2 is 1.62 bits per heavy atom. The molecule has 1 aromatic carbocycles. The molecule has 4 nitrogen and oxygen atoms in total. The summed E-state index contributed by atoms with van der Waals surface area (Å²) in [5.41, 5.74) is 1.29. The van der Waals surface area contributed by atoms with Gasteiger partial charge in [0.25, 0.3) is 0 Å². The van der Waals surface area contributed by atoms with Crippen molar-refractivity contribution in [3.63, 3.8) is 0 Å². The lowest BCUT2D eigenvalue weighted by Gasteiger charge is -2.31. The van der Waals surface area contributed by atoms with Crippen LogP contribution >= 0.6 is 0 Å². The number of amides is 1. The average molecular weight is 325 g/mol. The number of carbonyl (C=O) groups is 1. The van der Waals surface area contributed by atoms with Crippen LogP contribution in [-0.4, -0.2) is 35.0 Å². The Bertz CT molecular complexity index is 601. The second-order valence-electron chi connectivity index (χ2n) is 6.54. The molecule has 1 fully saturated rings. The number of nitrogens with one attached hydrogen (secondary N) is 1. The van der Waals surface area contributed by atoms with Crippen molar-refractivity contribution in [2.24, 2.45) is 0 Å². The first-order valence-corrected chi connectivity index (χ1v) is 8.99. The quantitative estimate of drug-likeness (QED) is 0.885. The van der Waals surface area contributed by atoms with Crippen LogP contribution in [0.4, 0.5) is 0 Å². The maximum Gasteiger partial charge on any atom is 0.239 e. The first-order chi connectivity index (χ1) is 11.8. The average Bonchev–Trinajstić information content (AvgIpc) is 2.96. The highest BCUT2D eigenvalue weighted by Gasteiger charge is 2.21. The van der Waals surface area contributed by atoms with Gasteiger partial charge in [0.2, 0.25) is 5.91 Å². The lowest BCUT2D eigenvalue weighted by molar-refractivity contribution is -0.121. The van der Waals surface area contributed by atoms with Gasteiger partial charge in [-0.3, -0.25) is 9.69 Å². The van der Waals surface area contributed by atoms with Crippen molar-refractivity contribution in [3.05, 3.63) is 60.4 Å². The summed E-state index contributed by atoms with van der Waals surface area (Å²) in [4.78, 5) is 14.8. The molecular weight excluding hydrogens is 298 g/mol. The molecule has 1 N–H and O–H groups in total. The van der Waals surface area contributed by atoms with Gasteiger partial charge in [-0.2, -0.15) is 0 Å². The monoisotopic (exact) mass is 325 g/mol. The molecule has 4 heteroatoms. The molecule has 1 aromatic heterocycles. The van der Waals surface area contributed by atoms with Crippen molar-refractivity contribution in [1.82, 2.24) is 14.8 Å². The highest BCUT2D eigenvalue weighted by molar-refractivity contribution is 5.75. The molecular formula is C20H27N3O. The molecule has 0 saturated carbocycles. The molecule has 1 aliphatic heterocycles. The number of rotatable bonds is 6. The zero-order valence-electron chi connectivity index (χ0n) is 14.2. The molecule has 1 aliphatic rings. The summed E-state index contributed by atoms with van der Waals surface area (Å²) in [6, 6.07) is 14.7. The molecule has 0 bridgehead atoms. The first kappa shape index (κ1) is 16.8. The van der Waals surface area contributed by atoms with Crippen LogP contribution in [0.5, 0.6) is 0 Å². The highest BCUT2D eigenvalue weighted by atomic mass is 16.1. The van der Waals surface area contributed by atoms with Gasteiger partial charge in [-0.1, -0.05) is 43.2 Å².